The first kappa shape index (κ1) is 20.6. The highest BCUT2D eigenvalue weighted by Gasteiger charge is 2.06. The molecule has 0 unspecified atom stereocenters. The number of non-ortho nitro benzene ring substituents is 1. The van der Waals surface area contributed by atoms with E-state index in [4.69, 9.17) is 16.3 Å². The number of nitrogens with one attached hydrogen (secondary N) is 2. The Balaban J connectivity index is 1.47. The second-order valence-electron chi connectivity index (χ2n) is 6.43. The van der Waals surface area contributed by atoms with Crippen molar-refractivity contribution in [2.24, 2.45) is 0 Å². The summed E-state index contributed by atoms with van der Waals surface area (Å²) in [5.74, 6) is 0.800. The Morgan fingerprint density at radius 2 is 1.72 bits per heavy atom. The van der Waals surface area contributed by atoms with Crippen LogP contribution in [0.1, 0.15) is 11.1 Å². The summed E-state index contributed by atoms with van der Waals surface area (Å²) in [5, 5.41) is 17.9. The van der Waals surface area contributed by atoms with Gasteiger partial charge in [0.2, 0.25) is 0 Å². The number of nitro benzene ring substituents is 1. The van der Waals surface area contributed by atoms with E-state index in [1.165, 1.54) is 12.1 Å². The van der Waals surface area contributed by atoms with Crippen LogP contribution in [0.2, 0.25) is 5.02 Å². The third-order valence-corrected chi connectivity index (χ3v) is 4.52. The first-order valence-electron chi connectivity index (χ1n) is 9.26. The van der Waals surface area contributed by atoms with Crippen LogP contribution in [0.5, 0.6) is 5.75 Å². The zero-order valence-corrected chi connectivity index (χ0v) is 16.6. The van der Waals surface area contributed by atoms with Crippen LogP contribution < -0.4 is 15.4 Å². The third kappa shape index (κ3) is 6.48. The highest BCUT2D eigenvalue weighted by atomic mass is 35.5. The molecular weight excluding hydrogens is 390 g/mol. The summed E-state index contributed by atoms with van der Waals surface area (Å²) in [4.78, 5) is 10.3. The van der Waals surface area contributed by atoms with E-state index in [0.29, 0.717) is 31.3 Å². The van der Waals surface area contributed by atoms with Crippen molar-refractivity contribution in [3.63, 3.8) is 0 Å². The van der Waals surface area contributed by atoms with Crippen LogP contribution in [-0.4, -0.2) is 18.0 Å². The molecule has 3 rings (SSSR count). The second-order valence-corrected chi connectivity index (χ2v) is 6.87. The molecule has 2 N–H and O–H groups in total. The Labute approximate surface area is 174 Å². The van der Waals surface area contributed by atoms with Crippen LogP contribution in [0, 0.1) is 10.1 Å². The summed E-state index contributed by atoms with van der Waals surface area (Å²) in [6, 6.07) is 22.0. The van der Waals surface area contributed by atoms with E-state index in [1.54, 1.807) is 12.1 Å². The molecular formula is C22H22ClN3O3. The van der Waals surface area contributed by atoms with Crippen molar-refractivity contribution in [3.05, 3.63) is 99.1 Å². The van der Waals surface area contributed by atoms with Gasteiger partial charge in [0.1, 0.15) is 12.4 Å². The fourth-order valence-corrected chi connectivity index (χ4v) is 2.98. The van der Waals surface area contributed by atoms with Crippen LogP contribution in [-0.2, 0) is 13.2 Å². The Morgan fingerprint density at radius 3 is 2.45 bits per heavy atom. The quantitative estimate of drug-likeness (QED) is 0.278. The lowest BCUT2D eigenvalue weighted by atomic mass is 10.2. The normalized spacial score (nSPS) is 10.5. The SMILES string of the molecule is O=[N+]([O-])c1ccc(NCCNCc2cc(Cl)ccc2OCc2ccccc2)cc1. The lowest BCUT2D eigenvalue weighted by Crippen LogP contribution is -2.22. The highest BCUT2D eigenvalue weighted by molar-refractivity contribution is 6.30. The molecule has 0 aliphatic rings. The molecule has 3 aromatic carbocycles. The molecule has 0 heterocycles. The zero-order valence-electron chi connectivity index (χ0n) is 15.8. The topological polar surface area (TPSA) is 76.4 Å². The molecule has 0 spiro atoms. The minimum absolute atomic E-state index is 0.0812. The number of rotatable bonds is 10. The lowest BCUT2D eigenvalue weighted by molar-refractivity contribution is -0.384. The van der Waals surface area contributed by atoms with E-state index < -0.39 is 4.92 Å². The molecule has 0 atom stereocenters. The van der Waals surface area contributed by atoms with Gasteiger partial charge in [0.05, 0.1) is 4.92 Å². The predicted octanol–water partition coefficient (Wildman–Crippen LogP) is 5.03. The van der Waals surface area contributed by atoms with Gasteiger partial charge in [-0.1, -0.05) is 41.9 Å². The number of halogens is 1. The monoisotopic (exact) mass is 411 g/mol. The van der Waals surface area contributed by atoms with Gasteiger partial charge in [-0.15, -0.1) is 0 Å². The molecule has 0 saturated heterocycles. The van der Waals surface area contributed by atoms with Crippen molar-refractivity contribution in [2.45, 2.75) is 13.2 Å². The van der Waals surface area contributed by atoms with Crippen LogP contribution >= 0.6 is 11.6 Å². The zero-order chi connectivity index (χ0) is 20.5. The van der Waals surface area contributed by atoms with Crippen LogP contribution in [0.25, 0.3) is 0 Å². The lowest BCUT2D eigenvalue weighted by Gasteiger charge is -2.13. The maximum Gasteiger partial charge on any atom is 0.269 e. The molecule has 0 bridgehead atoms. The first-order chi connectivity index (χ1) is 14.1. The number of hydrogen-bond acceptors (Lipinski definition) is 5. The van der Waals surface area contributed by atoms with Gasteiger partial charge in [-0.2, -0.15) is 0 Å². The van der Waals surface area contributed by atoms with Gasteiger partial charge < -0.3 is 15.4 Å². The predicted molar refractivity (Wildman–Crippen MR) is 116 cm³/mol. The van der Waals surface area contributed by atoms with Gasteiger partial charge in [-0.25, -0.2) is 0 Å². The standard InChI is InChI=1S/C22H22ClN3O3/c23-19-6-11-22(29-16-17-4-2-1-3-5-17)18(14-19)15-24-12-13-25-20-7-9-21(10-8-20)26(27)28/h1-11,14,24-25H,12-13,15-16H2. The molecule has 150 valence electrons. The van der Waals surface area contributed by atoms with Crippen LogP contribution in [0.3, 0.4) is 0 Å². The van der Waals surface area contributed by atoms with Gasteiger partial charge in [0.25, 0.3) is 5.69 Å². The van der Waals surface area contributed by atoms with Gasteiger partial charge in [0.15, 0.2) is 0 Å². The van der Waals surface area contributed by atoms with Crippen molar-refractivity contribution in [1.29, 1.82) is 0 Å². The fourth-order valence-electron chi connectivity index (χ4n) is 2.78. The number of nitrogens with zero attached hydrogens (tertiary/aromatic N) is 1. The minimum Gasteiger partial charge on any atom is -0.489 e. The molecule has 0 amide bonds. The first-order valence-corrected chi connectivity index (χ1v) is 9.64. The number of nitro groups is 1. The Kier molecular flexibility index (Phi) is 7.44. The number of benzene rings is 3. The van der Waals surface area contributed by atoms with Crippen molar-refractivity contribution in [3.8, 4) is 5.75 Å². The van der Waals surface area contributed by atoms with Crippen LogP contribution in [0.15, 0.2) is 72.8 Å². The van der Waals surface area contributed by atoms with Crippen molar-refractivity contribution in [2.75, 3.05) is 18.4 Å². The van der Waals surface area contributed by atoms with Crippen molar-refractivity contribution < 1.29 is 9.66 Å². The second kappa shape index (κ2) is 10.5. The summed E-state index contributed by atoms with van der Waals surface area (Å²) in [6.07, 6.45) is 0. The number of anilines is 1. The summed E-state index contributed by atoms with van der Waals surface area (Å²) in [5.41, 5.74) is 3.02. The maximum absolute atomic E-state index is 10.7. The summed E-state index contributed by atoms with van der Waals surface area (Å²) in [7, 11) is 0. The van der Waals surface area contributed by atoms with E-state index >= 15 is 0 Å². The average Bonchev–Trinajstić information content (AvgIpc) is 2.74. The molecule has 29 heavy (non-hydrogen) atoms. The largest absolute Gasteiger partial charge is 0.489 e. The Hall–Kier alpha value is -3.09. The fraction of sp³-hybridized carbons (Fsp3) is 0.182. The van der Waals surface area contributed by atoms with E-state index in [2.05, 4.69) is 10.6 Å². The number of ether oxygens (including phenoxy) is 1. The average molecular weight is 412 g/mol. The van der Waals surface area contributed by atoms with Gasteiger partial charge in [0, 0.05) is 48.0 Å². The summed E-state index contributed by atoms with van der Waals surface area (Å²) in [6.45, 7) is 2.50. The summed E-state index contributed by atoms with van der Waals surface area (Å²) < 4.78 is 5.97. The van der Waals surface area contributed by atoms with E-state index in [1.807, 2.05) is 48.5 Å². The van der Waals surface area contributed by atoms with Crippen molar-refractivity contribution in [1.82, 2.24) is 5.32 Å². The molecule has 0 aliphatic carbocycles. The molecule has 0 aromatic heterocycles. The molecule has 7 heteroatoms. The van der Waals surface area contributed by atoms with Gasteiger partial charge >= 0.3 is 0 Å². The molecule has 6 nitrogen and oxygen atoms in total. The van der Waals surface area contributed by atoms with E-state index in [0.717, 1.165) is 22.6 Å². The molecule has 0 saturated carbocycles. The van der Waals surface area contributed by atoms with Gasteiger partial charge in [-0.3, -0.25) is 10.1 Å². The maximum atomic E-state index is 10.7. The highest BCUT2D eigenvalue weighted by Crippen LogP contribution is 2.24. The smallest absolute Gasteiger partial charge is 0.269 e. The molecule has 0 fully saturated rings. The Bertz CT molecular complexity index is 934. The van der Waals surface area contributed by atoms with E-state index in [-0.39, 0.29) is 5.69 Å². The number of hydrogen-bond donors (Lipinski definition) is 2. The summed E-state index contributed by atoms with van der Waals surface area (Å²) >= 11 is 6.15. The third-order valence-electron chi connectivity index (χ3n) is 4.28. The molecule has 3 aromatic rings. The molecule has 0 radical (unpaired) electrons. The molecule has 0 aliphatic heterocycles. The van der Waals surface area contributed by atoms with Crippen molar-refractivity contribution >= 4 is 23.0 Å². The minimum atomic E-state index is -0.409. The van der Waals surface area contributed by atoms with E-state index in [9.17, 15) is 10.1 Å². The van der Waals surface area contributed by atoms with Gasteiger partial charge in [-0.05, 0) is 35.9 Å². The Morgan fingerprint density at radius 1 is 0.966 bits per heavy atom. The van der Waals surface area contributed by atoms with Crippen LogP contribution in [0.4, 0.5) is 11.4 Å².